The molecule has 0 N–H and O–H groups in total. The first kappa shape index (κ1) is 32.0. The summed E-state index contributed by atoms with van der Waals surface area (Å²) in [5.41, 5.74) is 3.78. The maximum Gasteiger partial charge on any atom is 1.00 e. The van der Waals surface area contributed by atoms with E-state index in [4.69, 9.17) is 26.2 Å². The minimum atomic E-state index is -0.831. The van der Waals surface area contributed by atoms with Crippen molar-refractivity contribution in [1.82, 2.24) is 0 Å². The van der Waals surface area contributed by atoms with Gasteiger partial charge in [0.2, 0.25) is 5.79 Å². The Kier molecular flexibility index (Phi) is 13.8. The van der Waals surface area contributed by atoms with E-state index < -0.39 is 10.7 Å². The number of ketones is 1. The summed E-state index contributed by atoms with van der Waals surface area (Å²) >= 11 is 14.3. The molecular formula is C24H32ClNaO4S2. The molecular weight excluding hydrogens is 475 g/mol. The van der Waals surface area contributed by atoms with Crippen molar-refractivity contribution in [2.75, 3.05) is 14.2 Å². The van der Waals surface area contributed by atoms with Crippen LogP contribution in [0.4, 0.5) is 0 Å². The fourth-order valence-electron chi connectivity index (χ4n) is 3.08. The van der Waals surface area contributed by atoms with E-state index in [0.29, 0.717) is 11.3 Å². The van der Waals surface area contributed by atoms with Gasteiger partial charge in [0.1, 0.15) is 10.5 Å². The quantitative estimate of drug-likeness (QED) is 0.207. The molecule has 2 aromatic rings. The summed E-state index contributed by atoms with van der Waals surface area (Å²) in [4.78, 5) is 10.9. The predicted molar refractivity (Wildman–Crippen MR) is 132 cm³/mol. The molecule has 1 saturated heterocycles. The number of rotatable bonds is 6. The van der Waals surface area contributed by atoms with Gasteiger partial charge in [-0.15, -0.1) is 11.6 Å². The standard InChI is InChI=1S/C12H16O2S.C11H13ClOS.CH3O.Na/c1-11(2)12(13-3,14-11)10-6-4-9(8-15)5-7-10;1-11(2,12)10(13)9-5-3-8(7-14)4-6-9;1-2;/h4-7,15H,8H2,1-3H3;3-6,14H,7H2,1-2H3;1H3;/q;;-1;+1. The van der Waals surface area contributed by atoms with Crippen molar-refractivity contribution >= 4 is 42.6 Å². The van der Waals surface area contributed by atoms with E-state index in [1.54, 1.807) is 33.1 Å². The molecule has 32 heavy (non-hydrogen) atoms. The van der Waals surface area contributed by atoms with Crippen molar-refractivity contribution in [3.63, 3.8) is 0 Å². The number of ether oxygens (including phenoxy) is 2. The van der Waals surface area contributed by atoms with Crippen LogP contribution in [0.15, 0.2) is 48.5 Å². The van der Waals surface area contributed by atoms with Gasteiger partial charge in [0.15, 0.2) is 5.78 Å². The molecule has 8 heteroatoms. The molecule has 0 radical (unpaired) electrons. The predicted octanol–water partition coefficient (Wildman–Crippen LogP) is 2.02. The first-order chi connectivity index (χ1) is 14.5. The molecule has 1 fully saturated rings. The number of methoxy groups -OCH3 is 1. The van der Waals surface area contributed by atoms with E-state index >= 15 is 0 Å². The summed E-state index contributed by atoms with van der Waals surface area (Å²) in [7, 11) is 2.43. The molecule has 2 aromatic carbocycles. The SMILES string of the molecule is CC(C)(Cl)C(=O)c1ccc(CS)cc1.COC1(c2ccc(CS)cc2)OC1(C)C.C[O-].[Na+]. The Balaban J connectivity index is 0.000000543. The first-order valence-corrected chi connectivity index (χ1v) is 11.4. The third-order valence-electron chi connectivity index (χ3n) is 4.89. The summed E-state index contributed by atoms with van der Waals surface area (Å²) in [5.74, 6) is 0.829. The average Bonchev–Trinajstić information content (AvgIpc) is 3.36. The number of hydrogen-bond donors (Lipinski definition) is 2. The van der Waals surface area contributed by atoms with Gasteiger partial charge >= 0.3 is 29.6 Å². The Hall–Kier alpha value is -0.0200. The van der Waals surface area contributed by atoms with Crippen molar-refractivity contribution in [1.29, 1.82) is 0 Å². The summed E-state index contributed by atoms with van der Waals surface area (Å²) in [6.45, 7) is 7.46. The van der Waals surface area contributed by atoms with E-state index in [-0.39, 0.29) is 40.9 Å². The van der Waals surface area contributed by atoms with Crippen LogP contribution in [0.3, 0.4) is 0 Å². The van der Waals surface area contributed by atoms with E-state index in [1.807, 2.05) is 38.1 Å². The van der Waals surface area contributed by atoms with Crippen LogP contribution < -0.4 is 34.7 Å². The van der Waals surface area contributed by atoms with Gasteiger partial charge in [0, 0.05) is 29.7 Å². The van der Waals surface area contributed by atoms with Gasteiger partial charge in [0.05, 0.1) is 0 Å². The summed E-state index contributed by atoms with van der Waals surface area (Å²) in [5, 5.41) is 8.25. The number of carbonyl (C=O) groups is 1. The molecule has 1 unspecified atom stereocenters. The Bertz CT molecular complexity index is 837. The molecule has 3 rings (SSSR count). The number of Topliss-reactive ketones (excluding diaryl/α,β-unsaturated/α-hetero) is 1. The summed E-state index contributed by atoms with van der Waals surface area (Å²) in [6.07, 6.45) is 0. The smallest absolute Gasteiger partial charge is 0.857 e. The van der Waals surface area contributed by atoms with Crippen molar-refractivity contribution in [2.24, 2.45) is 0 Å². The molecule has 0 bridgehead atoms. The van der Waals surface area contributed by atoms with Crippen LogP contribution in [0.2, 0.25) is 0 Å². The average molecular weight is 507 g/mol. The van der Waals surface area contributed by atoms with Crippen LogP contribution in [0.1, 0.15) is 54.7 Å². The zero-order valence-corrected chi connectivity index (χ0v) is 24.5. The zero-order chi connectivity index (χ0) is 23.9. The van der Waals surface area contributed by atoms with Gasteiger partial charge in [0.25, 0.3) is 0 Å². The number of alkyl halides is 1. The fraction of sp³-hybridized carbons (Fsp3) is 0.458. The summed E-state index contributed by atoms with van der Waals surface area (Å²) in [6, 6.07) is 15.6. The van der Waals surface area contributed by atoms with Crippen LogP contribution in [0.25, 0.3) is 0 Å². The molecule has 0 amide bonds. The first-order valence-electron chi connectivity index (χ1n) is 9.80. The third-order valence-corrected chi connectivity index (χ3v) is 5.79. The van der Waals surface area contributed by atoms with Crippen molar-refractivity contribution in [2.45, 2.75) is 55.5 Å². The molecule has 1 heterocycles. The maximum atomic E-state index is 11.7. The van der Waals surface area contributed by atoms with E-state index in [0.717, 1.165) is 24.0 Å². The maximum absolute atomic E-state index is 11.7. The molecule has 1 atom stereocenters. The van der Waals surface area contributed by atoms with Gasteiger partial charge in [-0.3, -0.25) is 4.79 Å². The van der Waals surface area contributed by atoms with Crippen LogP contribution in [-0.4, -0.2) is 30.5 Å². The van der Waals surface area contributed by atoms with Gasteiger partial charge in [-0.1, -0.05) is 48.5 Å². The topological polar surface area (TPSA) is 61.9 Å². The number of benzene rings is 2. The molecule has 0 spiro atoms. The minimum absolute atomic E-state index is 0. The van der Waals surface area contributed by atoms with Gasteiger partial charge in [-0.05, 0) is 38.8 Å². The van der Waals surface area contributed by atoms with Gasteiger partial charge < -0.3 is 14.6 Å². The van der Waals surface area contributed by atoms with E-state index in [1.165, 1.54) is 5.56 Å². The fourth-order valence-corrected chi connectivity index (χ4v) is 3.61. The van der Waals surface area contributed by atoms with Gasteiger partial charge in [-0.25, -0.2) is 0 Å². The summed E-state index contributed by atoms with van der Waals surface area (Å²) < 4.78 is 11.1. The van der Waals surface area contributed by atoms with E-state index in [2.05, 4.69) is 37.4 Å². The number of carbonyl (C=O) groups excluding carboxylic acids is 1. The Labute approximate surface area is 230 Å². The van der Waals surface area contributed by atoms with Crippen LogP contribution in [0.5, 0.6) is 0 Å². The van der Waals surface area contributed by atoms with Crippen LogP contribution in [-0.2, 0) is 26.8 Å². The molecule has 0 saturated carbocycles. The second-order valence-corrected chi connectivity index (χ2v) is 9.52. The molecule has 0 aliphatic carbocycles. The van der Waals surface area contributed by atoms with Crippen molar-refractivity contribution < 1.29 is 48.9 Å². The monoisotopic (exact) mass is 506 g/mol. The molecule has 172 valence electrons. The largest absolute Gasteiger partial charge is 1.00 e. The molecule has 1 aliphatic heterocycles. The molecule has 0 aromatic heterocycles. The number of thiol groups is 2. The van der Waals surface area contributed by atoms with Gasteiger partial charge in [-0.2, -0.15) is 32.4 Å². The third kappa shape index (κ3) is 8.03. The Morgan fingerprint density at radius 2 is 1.38 bits per heavy atom. The Morgan fingerprint density at radius 1 is 1.00 bits per heavy atom. The van der Waals surface area contributed by atoms with E-state index in [9.17, 15) is 4.79 Å². The second kappa shape index (κ2) is 13.8. The molecule has 1 aliphatic rings. The number of halogens is 1. The second-order valence-electron chi connectivity index (χ2n) is 7.94. The number of hydrogen-bond acceptors (Lipinski definition) is 6. The zero-order valence-electron chi connectivity index (χ0n) is 19.9. The number of epoxide rings is 1. The molecule has 4 nitrogen and oxygen atoms in total. The Morgan fingerprint density at radius 3 is 1.66 bits per heavy atom. The normalized spacial score (nSPS) is 18.2. The van der Waals surface area contributed by atoms with Crippen molar-refractivity contribution in [3.8, 4) is 0 Å². The minimum Gasteiger partial charge on any atom is -0.857 e. The van der Waals surface area contributed by atoms with Crippen LogP contribution in [0, 0.1) is 0 Å². The van der Waals surface area contributed by atoms with Crippen LogP contribution >= 0.6 is 36.9 Å². The van der Waals surface area contributed by atoms with Crippen molar-refractivity contribution in [3.05, 3.63) is 70.8 Å².